The fraction of sp³-hybridized carbons (Fsp3) is 0.500. The fourth-order valence-electron chi connectivity index (χ4n) is 3.91. The number of carbonyl (C=O) groups excluding carboxylic acids is 1. The number of rotatable bonds is 1. The van der Waals surface area contributed by atoms with Crippen LogP contribution in [0.5, 0.6) is 11.5 Å². The molecule has 2 aromatic rings. The second-order valence-electron chi connectivity index (χ2n) is 11.3. The van der Waals surface area contributed by atoms with Crippen LogP contribution in [0.4, 0.5) is 0 Å². The molecule has 3 heteroatoms. The first-order valence-corrected chi connectivity index (χ1v) is 10.3. The standard InChI is InChI=1S/C26H34O3/c1-24(2,3)16-13-17-21(15-10-11-20(27)18(12-15)25(4,5)6)23(28)29-22(17)19(14-16)26(7,8)9/h10-14,21,27H,1-9H3. The minimum absolute atomic E-state index is 0.0449. The van der Waals surface area contributed by atoms with Gasteiger partial charge in [0.15, 0.2) is 0 Å². The number of carbonyl (C=O) groups is 1. The van der Waals surface area contributed by atoms with Crippen molar-refractivity contribution in [3.8, 4) is 11.5 Å². The van der Waals surface area contributed by atoms with Crippen molar-refractivity contribution in [2.45, 2.75) is 84.5 Å². The summed E-state index contributed by atoms with van der Waals surface area (Å²) >= 11 is 0. The maximum absolute atomic E-state index is 13.0. The van der Waals surface area contributed by atoms with Crippen molar-refractivity contribution in [3.05, 3.63) is 58.1 Å². The van der Waals surface area contributed by atoms with Crippen LogP contribution in [0.25, 0.3) is 0 Å². The van der Waals surface area contributed by atoms with E-state index < -0.39 is 5.92 Å². The van der Waals surface area contributed by atoms with Gasteiger partial charge in [0, 0.05) is 11.1 Å². The van der Waals surface area contributed by atoms with Gasteiger partial charge in [0.2, 0.25) is 0 Å². The minimum Gasteiger partial charge on any atom is -0.508 e. The van der Waals surface area contributed by atoms with E-state index in [1.807, 2.05) is 12.1 Å². The topological polar surface area (TPSA) is 46.5 Å². The summed E-state index contributed by atoms with van der Waals surface area (Å²) in [6, 6.07) is 9.80. The summed E-state index contributed by atoms with van der Waals surface area (Å²) in [7, 11) is 0. The van der Waals surface area contributed by atoms with Gasteiger partial charge in [0.1, 0.15) is 17.4 Å². The molecule has 1 unspecified atom stereocenters. The lowest BCUT2D eigenvalue weighted by atomic mass is 9.76. The number of ether oxygens (including phenoxy) is 1. The minimum atomic E-state index is -0.477. The highest BCUT2D eigenvalue weighted by Gasteiger charge is 2.40. The SMILES string of the molecule is CC(C)(C)c1cc2c(c(C(C)(C)C)c1)OC(=O)C2c1ccc(O)c(C(C)(C)C)c1. The van der Waals surface area contributed by atoms with E-state index in [1.165, 1.54) is 5.56 Å². The van der Waals surface area contributed by atoms with Gasteiger partial charge >= 0.3 is 5.97 Å². The second-order valence-corrected chi connectivity index (χ2v) is 11.3. The third-order valence-electron chi connectivity index (χ3n) is 5.70. The van der Waals surface area contributed by atoms with Gasteiger partial charge in [-0.2, -0.15) is 0 Å². The van der Waals surface area contributed by atoms with Crippen LogP contribution in [0.15, 0.2) is 30.3 Å². The molecule has 0 radical (unpaired) electrons. The van der Waals surface area contributed by atoms with Gasteiger partial charge in [-0.25, -0.2) is 0 Å². The van der Waals surface area contributed by atoms with Gasteiger partial charge in [-0.3, -0.25) is 4.79 Å². The van der Waals surface area contributed by atoms with E-state index in [0.717, 1.165) is 22.3 Å². The molecule has 1 atom stereocenters. The van der Waals surface area contributed by atoms with Crippen LogP contribution >= 0.6 is 0 Å². The van der Waals surface area contributed by atoms with Crippen molar-refractivity contribution in [1.29, 1.82) is 0 Å². The van der Waals surface area contributed by atoms with Gasteiger partial charge in [0.05, 0.1) is 0 Å². The number of aromatic hydroxyl groups is 1. The number of esters is 1. The fourth-order valence-corrected chi connectivity index (χ4v) is 3.91. The number of hydrogen-bond acceptors (Lipinski definition) is 3. The maximum Gasteiger partial charge on any atom is 0.323 e. The smallest absolute Gasteiger partial charge is 0.323 e. The predicted octanol–water partition coefficient (Wildman–Crippen LogP) is 6.34. The summed E-state index contributed by atoms with van der Waals surface area (Å²) in [5, 5.41) is 10.4. The van der Waals surface area contributed by atoms with E-state index in [2.05, 4.69) is 74.4 Å². The summed E-state index contributed by atoms with van der Waals surface area (Å²) in [5.74, 6) is 0.231. The van der Waals surface area contributed by atoms with Crippen LogP contribution < -0.4 is 4.74 Å². The molecule has 3 nitrogen and oxygen atoms in total. The van der Waals surface area contributed by atoms with Gasteiger partial charge in [-0.1, -0.05) is 86.6 Å². The molecule has 0 aromatic heterocycles. The molecule has 0 fully saturated rings. The first-order chi connectivity index (χ1) is 13.1. The lowest BCUT2D eigenvalue weighted by molar-refractivity contribution is -0.133. The number of phenols is 1. The molecule has 1 N–H and O–H groups in total. The van der Waals surface area contributed by atoms with E-state index in [-0.39, 0.29) is 28.0 Å². The van der Waals surface area contributed by atoms with Crippen molar-refractivity contribution < 1.29 is 14.6 Å². The van der Waals surface area contributed by atoms with Crippen LogP contribution in [-0.2, 0) is 21.0 Å². The largest absolute Gasteiger partial charge is 0.508 e. The van der Waals surface area contributed by atoms with Crippen molar-refractivity contribution in [2.24, 2.45) is 0 Å². The summed E-state index contributed by atoms with van der Waals surface area (Å²) in [4.78, 5) is 13.0. The van der Waals surface area contributed by atoms with E-state index in [9.17, 15) is 9.90 Å². The highest BCUT2D eigenvalue weighted by atomic mass is 16.5. The number of phenolic OH excluding ortho intramolecular Hbond substituents is 1. The van der Waals surface area contributed by atoms with Crippen molar-refractivity contribution in [2.75, 3.05) is 0 Å². The average Bonchev–Trinajstić information content (AvgIpc) is 2.87. The van der Waals surface area contributed by atoms with Crippen LogP contribution in [0.2, 0.25) is 0 Å². The molecule has 0 bridgehead atoms. The number of fused-ring (bicyclic) bond motifs is 1. The molecule has 0 spiro atoms. The molecule has 1 heterocycles. The molecule has 156 valence electrons. The van der Waals surface area contributed by atoms with Gasteiger partial charge < -0.3 is 9.84 Å². The van der Waals surface area contributed by atoms with Crippen LogP contribution in [0.3, 0.4) is 0 Å². The zero-order valence-electron chi connectivity index (χ0n) is 19.2. The number of hydrogen-bond donors (Lipinski definition) is 1. The quantitative estimate of drug-likeness (QED) is 0.454. The Morgan fingerprint density at radius 3 is 1.90 bits per heavy atom. The summed E-state index contributed by atoms with van der Waals surface area (Å²) < 4.78 is 5.85. The zero-order valence-corrected chi connectivity index (χ0v) is 19.2. The Labute approximate surface area is 175 Å². The Hall–Kier alpha value is -2.29. The Morgan fingerprint density at radius 2 is 1.38 bits per heavy atom. The third-order valence-corrected chi connectivity index (χ3v) is 5.70. The third kappa shape index (κ3) is 3.92. The maximum atomic E-state index is 13.0. The van der Waals surface area contributed by atoms with Crippen molar-refractivity contribution in [1.82, 2.24) is 0 Å². The Kier molecular flexibility index (Phi) is 4.89. The summed E-state index contributed by atoms with van der Waals surface area (Å²) in [5.41, 5.74) is 4.46. The molecule has 3 rings (SSSR count). The summed E-state index contributed by atoms with van der Waals surface area (Å²) in [6.07, 6.45) is 0. The molecule has 0 saturated heterocycles. The molecule has 0 saturated carbocycles. The van der Waals surface area contributed by atoms with Crippen molar-refractivity contribution >= 4 is 5.97 Å². The first kappa shape index (κ1) is 21.4. The van der Waals surface area contributed by atoms with Gasteiger partial charge in [-0.05, 0) is 39.0 Å². The van der Waals surface area contributed by atoms with Gasteiger partial charge in [0.25, 0.3) is 0 Å². The zero-order chi connectivity index (χ0) is 21.9. The van der Waals surface area contributed by atoms with Crippen LogP contribution in [0.1, 0.15) is 96.0 Å². The lowest BCUT2D eigenvalue weighted by Crippen LogP contribution is -2.17. The van der Waals surface area contributed by atoms with Crippen molar-refractivity contribution in [3.63, 3.8) is 0 Å². The number of benzene rings is 2. The monoisotopic (exact) mass is 394 g/mol. The van der Waals surface area contributed by atoms with Crippen LogP contribution in [-0.4, -0.2) is 11.1 Å². The molecule has 2 aromatic carbocycles. The molecular formula is C26H34O3. The Balaban J connectivity index is 2.26. The van der Waals surface area contributed by atoms with E-state index in [4.69, 9.17) is 4.74 Å². The van der Waals surface area contributed by atoms with E-state index in [0.29, 0.717) is 5.75 Å². The Morgan fingerprint density at radius 1 is 0.793 bits per heavy atom. The second kappa shape index (κ2) is 6.62. The van der Waals surface area contributed by atoms with E-state index >= 15 is 0 Å². The first-order valence-electron chi connectivity index (χ1n) is 10.3. The average molecular weight is 395 g/mol. The molecule has 1 aliphatic heterocycles. The molecule has 0 aliphatic carbocycles. The van der Waals surface area contributed by atoms with E-state index in [1.54, 1.807) is 6.07 Å². The highest BCUT2D eigenvalue weighted by Crippen LogP contribution is 2.48. The predicted molar refractivity (Wildman–Crippen MR) is 118 cm³/mol. The lowest BCUT2D eigenvalue weighted by Gasteiger charge is -2.27. The Bertz CT molecular complexity index is 963. The van der Waals surface area contributed by atoms with Gasteiger partial charge in [-0.15, -0.1) is 0 Å². The molecule has 29 heavy (non-hydrogen) atoms. The molecular weight excluding hydrogens is 360 g/mol. The molecule has 1 aliphatic rings. The summed E-state index contributed by atoms with van der Waals surface area (Å²) in [6.45, 7) is 19.2. The van der Waals surface area contributed by atoms with Crippen LogP contribution in [0, 0.1) is 0 Å². The molecule has 0 amide bonds. The normalized spacial score (nSPS) is 17.3. The highest BCUT2D eigenvalue weighted by molar-refractivity contribution is 5.90.